The lowest BCUT2D eigenvalue weighted by molar-refractivity contribution is 0.0696. The van der Waals surface area contributed by atoms with Crippen molar-refractivity contribution < 1.29 is 9.90 Å². The molecule has 0 saturated carbocycles. The molecule has 0 aliphatic carbocycles. The topological polar surface area (TPSA) is 53.4 Å². The molecule has 0 aliphatic rings. The molecule has 0 spiro atoms. The number of carboxylic acid groups (broad SMARTS) is 1. The first-order chi connectivity index (χ1) is 12.6. The lowest BCUT2D eigenvalue weighted by atomic mass is 10.2. The Bertz CT molecular complexity index is 867. The number of carbonyl (C=O) groups is 1. The highest BCUT2D eigenvalue weighted by Crippen LogP contribution is 2.27. The molecule has 3 rings (SSSR count). The summed E-state index contributed by atoms with van der Waals surface area (Å²) in [6.45, 7) is 0.706. The number of benzene rings is 2. The third-order valence-corrected chi connectivity index (χ3v) is 5.19. The molecule has 0 fully saturated rings. The Morgan fingerprint density at radius 3 is 2.46 bits per heavy atom. The smallest absolute Gasteiger partial charge is 0.337 e. The number of thioether (sulfide) groups is 1. The van der Waals surface area contributed by atoms with Crippen molar-refractivity contribution in [2.24, 2.45) is 0 Å². The van der Waals surface area contributed by atoms with E-state index in [1.165, 1.54) is 22.2 Å². The fourth-order valence-electron chi connectivity index (χ4n) is 2.59. The number of nitrogens with zero attached hydrogens (tertiary/aromatic N) is 2. The lowest BCUT2D eigenvalue weighted by Gasteiger charge is -2.20. The maximum Gasteiger partial charge on any atom is 0.337 e. The van der Waals surface area contributed by atoms with Crippen molar-refractivity contribution in [3.63, 3.8) is 0 Å². The van der Waals surface area contributed by atoms with Crippen molar-refractivity contribution in [1.29, 1.82) is 0 Å². The van der Waals surface area contributed by atoms with E-state index >= 15 is 0 Å². The summed E-state index contributed by atoms with van der Waals surface area (Å²) in [6, 6.07) is 22.1. The molecule has 1 heterocycles. The summed E-state index contributed by atoms with van der Waals surface area (Å²) >= 11 is 1.82. The van der Waals surface area contributed by atoms with E-state index in [9.17, 15) is 4.79 Å². The van der Waals surface area contributed by atoms with Gasteiger partial charge in [0.1, 0.15) is 5.82 Å². The van der Waals surface area contributed by atoms with Crippen LogP contribution < -0.4 is 4.90 Å². The fourth-order valence-corrected chi connectivity index (χ4v) is 3.59. The van der Waals surface area contributed by atoms with Gasteiger partial charge in [-0.05, 0) is 29.3 Å². The van der Waals surface area contributed by atoms with Gasteiger partial charge in [0, 0.05) is 30.4 Å². The molecule has 3 aromatic rings. The molecular formula is C21H20N2O2S. The van der Waals surface area contributed by atoms with Crippen LogP contribution in [0.1, 0.15) is 21.5 Å². The largest absolute Gasteiger partial charge is 0.478 e. The zero-order chi connectivity index (χ0) is 18.4. The van der Waals surface area contributed by atoms with E-state index in [1.54, 1.807) is 12.1 Å². The number of aromatic nitrogens is 1. The zero-order valence-electron chi connectivity index (χ0n) is 14.5. The Morgan fingerprint density at radius 1 is 1.04 bits per heavy atom. The normalized spacial score (nSPS) is 10.5. The van der Waals surface area contributed by atoms with E-state index in [-0.39, 0.29) is 5.56 Å². The highest BCUT2D eigenvalue weighted by atomic mass is 32.2. The molecule has 132 valence electrons. The zero-order valence-corrected chi connectivity index (χ0v) is 15.3. The van der Waals surface area contributed by atoms with Gasteiger partial charge in [-0.2, -0.15) is 0 Å². The maximum absolute atomic E-state index is 11.0. The van der Waals surface area contributed by atoms with Gasteiger partial charge in [0.05, 0.1) is 5.56 Å². The highest BCUT2D eigenvalue weighted by Gasteiger charge is 2.09. The summed E-state index contributed by atoms with van der Waals surface area (Å²) in [5, 5.41) is 8.98. The minimum Gasteiger partial charge on any atom is -0.478 e. The molecule has 0 radical (unpaired) electrons. The quantitative estimate of drug-likeness (QED) is 0.616. The molecule has 0 atom stereocenters. The van der Waals surface area contributed by atoms with Crippen LogP contribution in [0.15, 0.2) is 77.8 Å². The van der Waals surface area contributed by atoms with Crippen LogP contribution in [0.4, 0.5) is 5.82 Å². The van der Waals surface area contributed by atoms with Crippen LogP contribution in [0.2, 0.25) is 0 Å². The van der Waals surface area contributed by atoms with Gasteiger partial charge in [-0.1, -0.05) is 48.5 Å². The Labute approximate surface area is 157 Å². The molecule has 0 amide bonds. The van der Waals surface area contributed by atoms with Gasteiger partial charge in [-0.15, -0.1) is 11.8 Å². The average Bonchev–Trinajstić information content (AvgIpc) is 2.68. The van der Waals surface area contributed by atoms with E-state index < -0.39 is 5.97 Å². The number of hydrogen-bond acceptors (Lipinski definition) is 4. The van der Waals surface area contributed by atoms with Crippen LogP contribution in [0.3, 0.4) is 0 Å². The van der Waals surface area contributed by atoms with Gasteiger partial charge in [0.25, 0.3) is 0 Å². The van der Waals surface area contributed by atoms with Crippen molar-refractivity contribution in [3.8, 4) is 0 Å². The van der Waals surface area contributed by atoms with E-state index in [1.807, 2.05) is 35.8 Å². The predicted molar refractivity (Wildman–Crippen MR) is 106 cm³/mol. The minimum absolute atomic E-state index is 0.195. The average molecular weight is 364 g/mol. The lowest BCUT2D eigenvalue weighted by Crippen LogP contribution is -2.18. The van der Waals surface area contributed by atoms with Crippen LogP contribution in [-0.4, -0.2) is 23.1 Å². The predicted octanol–water partition coefficient (Wildman–Crippen LogP) is 4.71. The summed E-state index contributed by atoms with van der Waals surface area (Å²) in [5.74, 6) is 0.708. The summed E-state index contributed by atoms with van der Waals surface area (Å²) < 4.78 is 0. The first-order valence-electron chi connectivity index (χ1n) is 8.28. The van der Waals surface area contributed by atoms with E-state index in [0.717, 1.165) is 11.6 Å². The molecule has 26 heavy (non-hydrogen) atoms. The number of aromatic carboxylic acids is 1. The summed E-state index contributed by atoms with van der Waals surface area (Å²) in [7, 11) is 1.96. The molecular weight excluding hydrogens is 344 g/mol. The molecule has 0 aliphatic heterocycles. The van der Waals surface area contributed by atoms with Crippen molar-refractivity contribution in [3.05, 3.63) is 89.6 Å². The van der Waals surface area contributed by atoms with Gasteiger partial charge >= 0.3 is 5.97 Å². The van der Waals surface area contributed by atoms with E-state index in [4.69, 9.17) is 5.11 Å². The summed E-state index contributed by atoms with van der Waals surface area (Å²) in [4.78, 5) is 18.5. The van der Waals surface area contributed by atoms with Crippen molar-refractivity contribution in [1.82, 2.24) is 4.98 Å². The second-order valence-electron chi connectivity index (χ2n) is 5.95. The number of pyridine rings is 1. The Balaban J connectivity index is 1.70. The maximum atomic E-state index is 11.0. The first-order valence-corrected chi connectivity index (χ1v) is 9.27. The minimum atomic E-state index is -0.964. The van der Waals surface area contributed by atoms with E-state index in [2.05, 4.69) is 47.4 Å². The summed E-state index contributed by atoms with van der Waals surface area (Å²) in [6.07, 6.45) is 1.39. The molecule has 0 saturated heterocycles. The number of anilines is 1. The molecule has 2 aromatic carbocycles. The van der Waals surface area contributed by atoms with Crippen molar-refractivity contribution in [2.75, 3.05) is 11.9 Å². The standard InChI is InChI=1S/C21H20N2O2S/c1-23(20-12-11-17(13-22-20)21(24)25)14-18-9-5-6-10-19(18)26-15-16-7-3-2-4-8-16/h2-13H,14-15H2,1H3,(H,24,25). The molecule has 1 N–H and O–H groups in total. The second-order valence-corrected chi connectivity index (χ2v) is 6.97. The van der Waals surface area contributed by atoms with Gasteiger partial charge < -0.3 is 10.0 Å². The van der Waals surface area contributed by atoms with Crippen LogP contribution in [0, 0.1) is 0 Å². The number of hydrogen-bond donors (Lipinski definition) is 1. The molecule has 0 unspecified atom stereocenters. The third-order valence-electron chi connectivity index (χ3n) is 4.00. The van der Waals surface area contributed by atoms with E-state index in [0.29, 0.717) is 6.54 Å². The Hall–Kier alpha value is -2.79. The Kier molecular flexibility index (Phi) is 5.92. The number of carboxylic acids is 1. The third kappa shape index (κ3) is 4.64. The first kappa shape index (κ1) is 18.0. The van der Waals surface area contributed by atoms with Crippen molar-refractivity contribution >= 4 is 23.5 Å². The second kappa shape index (κ2) is 8.54. The fraction of sp³-hybridized carbons (Fsp3) is 0.143. The van der Waals surface area contributed by atoms with Crippen LogP contribution in [0.5, 0.6) is 0 Å². The monoisotopic (exact) mass is 364 g/mol. The Morgan fingerprint density at radius 2 is 1.77 bits per heavy atom. The van der Waals surface area contributed by atoms with Gasteiger partial charge in [-0.3, -0.25) is 0 Å². The molecule has 0 bridgehead atoms. The molecule has 5 heteroatoms. The van der Waals surface area contributed by atoms with Crippen LogP contribution in [-0.2, 0) is 12.3 Å². The number of rotatable bonds is 7. The molecule has 4 nitrogen and oxygen atoms in total. The van der Waals surface area contributed by atoms with Crippen LogP contribution in [0.25, 0.3) is 0 Å². The summed E-state index contributed by atoms with van der Waals surface area (Å²) in [5.41, 5.74) is 2.72. The van der Waals surface area contributed by atoms with Gasteiger partial charge in [0.15, 0.2) is 0 Å². The molecule has 1 aromatic heterocycles. The van der Waals surface area contributed by atoms with Gasteiger partial charge in [-0.25, -0.2) is 9.78 Å². The van der Waals surface area contributed by atoms with Gasteiger partial charge in [0.2, 0.25) is 0 Å². The van der Waals surface area contributed by atoms with Crippen molar-refractivity contribution in [2.45, 2.75) is 17.2 Å². The van der Waals surface area contributed by atoms with Crippen LogP contribution >= 0.6 is 11.8 Å². The SMILES string of the molecule is CN(Cc1ccccc1SCc1ccccc1)c1ccc(C(=O)O)cn1. The highest BCUT2D eigenvalue weighted by molar-refractivity contribution is 7.98.